The lowest BCUT2D eigenvalue weighted by molar-refractivity contribution is -0.168. The summed E-state index contributed by atoms with van der Waals surface area (Å²) in [5, 5.41) is 10.3. The van der Waals surface area contributed by atoms with Gasteiger partial charge in [0.25, 0.3) is 0 Å². The zero-order valence-corrected chi connectivity index (χ0v) is 20.2. The average molecular weight is 429 g/mol. The van der Waals surface area contributed by atoms with Crippen LogP contribution >= 0.6 is 0 Å². The van der Waals surface area contributed by atoms with E-state index in [1.165, 1.54) is 38.5 Å². The highest BCUT2D eigenvalue weighted by atomic mass is 16.5. The standard InChI is InChI=1S/C28H44O3/c1-16-7-10-28(31-15-16)14-18-11-23-21-6-5-19-12-20(29)8-9-26(19,3)22(21)13-24(30)27(23,4)25(18)17(28)2/h16-23,25,29H,5-15H2,1-4H3/t16-,17+,18-,19+,20+,21-,22+,23-,25-,26+,27-,28-/m1/s1. The fraction of sp³-hybridized carbons (Fsp3) is 0.964. The van der Waals surface area contributed by atoms with Gasteiger partial charge in [0.05, 0.1) is 11.7 Å². The van der Waals surface area contributed by atoms with Crippen LogP contribution in [-0.2, 0) is 9.53 Å². The van der Waals surface area contributed by atoms with Crippen LogP contribution in [0.2, 0.25) is 0 Å². The van der Waals surface area contributed by atoms with Crippen molar-refractivity contribution in [2.24, 2.45) is 58.2 Å². The van der Waals surface area contributed by atoms with Crippen molar-refractivity contribution >= 4 is 5.78 Å². The summed E-state index contributed by atoms with van der Waals surface area (Å²) in [4.78, 5) is 14.1. The first kappa shape index (κ1) is 21.1. The summed E-state index contributed by atoms with van der Waals surface area (Å²) in [7, 11) is 0. The molecule has 1 spiro atoms. The lowest BCUT2D eigenvalue weighted by Crippen LogP contribution is -2.58. The summed E-state index contributed by atoms with van der Waals surface area (Å²) in [6, 6.07) is 0. The molecule has 5 aliphatic carbocycles. The zero-order chi connectivity index (χ0) is 21.8. The van der Waals surface area contributed by atoms with Crippen molar-refractivity contribution in [2.45, 2.75) is 104 Å². The van der Waals surface area contributed by atoms with Gasteiger partial charge in [-0.1, -0.05) is 27.7 Å². The second-order valence-electron chi connectivity index (χ2n) is 13.5. The molecule has 0 aromatic rings. The van der Waals surface area contributed by atoms with Gasteiger partial charge >= 0.3 is 0 Å². The number of fused-ring (bicyclic) bond motifs is 7. The van der Waals surface area contributed by atoms with Gasteiger partial charge < -0.3 is 9.84 Å². The fourth-order valence-corrected chi connectivity index (χ4v) is 10.7. The van der Waals surface area contributed by atoms with Gasteiger partial charge in [-0.05, 0) is 111 Å². The quantitative estimate of drug-likeness (QED) is 0.543. The molecule has 0 radical (unpaired) electrons. The van der Waals surface area contributed by atoms with E-state index in [4.69, 9.17) is 4.74 Å². The molecule has 31 heavy (non-hydrogen) atoms. The molecule has 1 saturated heterocycles. The van der Waals surface area contributed by atoms with E-state index in [0.717, 1.165) is 38.2 Å². The van der Waals surface area contributed by atoms with Gasteiger partial charge in [0.15, 0.2) is 0 Å². The molecule has 0 bridgehead atoms. The minimum absolute atomic E-state index is 0.0517. The lowest BCUT2D eigenvalue weighted by atomic mass is 9.44. The van der Waals surface area contributed by atoms with Gasteiger partial charge in [-0.25, -0.2) is 0 Å². The summed E-state index contributed by atoms with van der Waals surface area (Å²) in [5.74, 6) is 5.47. The van der Waals surface area contributed by atoms with E-state index < -0.39 is 0 Å². The van der Waals surface area contributed by atoms with Gasteiger partial charge in [-0.3, -0.25) is 4.79 Å². The van der Waals surface area contributed by atoms with E-state index in [1.54, 1.807) is 0 Å². The number of hydrogen-bond acceptors (Lipinski definition) is 3. The van der Waals surface area contributed by atoms with E-state index in [9.17, 15) is 9.90 Å². The van der Waals surface area contributed by atoms with E-state index >= 15 is 0 Å². The Bertz CT molecular complexity index is 753. The maximum Gasteiger partial charge on any atom is 0.139 e. The number of hydrogen-bond donors (Lipinski definition) is 1. The topological polar surface area (TPSA) is 46.5 Å². The molecule has 12 atom stereocenters. The third-order valence-corrected chi connectivity index (χ3v) is 12.5. The van der Waals surface area contributed by atoms with Crippen molar-refractivity contribution in [1.29, 1.82) is 0 Å². The van der Waals surface area contributed by atoms with Crippen LogP contribution < -0.4 is 0 Å². The third kappa shape index (κ3) is 2.69. The molecule has 3 nitrogen and oxygen atoms in total. The number of carbonyl (C=O) groups excluding carboxylic acids is 1. The number of aliphatic hydroxyl groups is 1. The van der Waals surface area contributed by atoms with E-state index in [1.807, 2.05) is 0 Å². The highest BCUT2D eigenvalue weighted by Crippen LogP contribution is 2.72. The average Bonchev–Trinajstić information content (AvgIpc) is 3.18. The van der Waals surface area contributed by atoms with Crippen molar-refractivity contribution in [3.63, 3.8) is 0 Å². The summed E-state index contributed by atoms with van der Waals surface area (Å²) < 4.78 is 6.62. The molecule has 174 valence electrons. The Hall–Kier alpha value is -0.410. The highest BCUT2D eigenvalue weighted by molar-refractivity contribution is 5.87. The Balaban J connectivity index is 1.30. The Kier molecular flexibility index (Phi) is 4.65. The summed E-state index contributed by atoms with van der Waals surface area (Å²) in [6.07, 6.45) is 11.2. The summed E-state index contributed by atoms with van der Waals surface area (Å²) in [6.45, 7) is 10.5. The van der Waals surface area contributed by atoms with Crippen molar-refractivity contribution in [1.82, 2.24) is 0 Å². The third-order valence-electron chi connectivity index (χ3n) is 12.5. The van der Waals surface area contributed by atoms with Crippen molar-refractivity contribution < 1.29 is 14.6 Å². The maximum absolute atomic E-state index is 14.1. The van der Waals surface area contributed by atoms with Crippen LogP contribution in [-0.4, -0.2) is 29.2 Å². The van der Waals surface area contributed by atoms with Crippen molar-refractivity contribution in [2.75, 3.05) is 6.61 Å². The SMILES string of the molecule is C[C@@H]1CC[C@]2(C[C@H]3C[C@@H]4[C@@H]5CC[C@H]6C[C@@H](O)CC[C@]6(C)[C@H]5CC(=O)[C@]4(C)[C@@H]3[C@@H]2C)OC1. The second kappa shape index (κ2) is 6.81. The number of aliphatic hydroxyl groups excluding tert-OH is 1. The van der Waals surface area contributed by atoms with E-state index in [0.29, 0.717) is 47.2 Å². The van der Waals surface area contributed by atoms with Crippen LogP contribution in [0.15, 0.2) is 0 Å². The number of Topliss-reactive ketones (excluding diaryl/α,β-unsaturated/α-hetero) is 1. The Labute approximate surface area is 189 Å². The number of rotatable bonds is 0. The van der Waals surface area contributed by atoms with Gasteiger partial charge in [-0.2, -0.15) is 0 Å². The van der Waals surface area contributed by atoms with Crippen molar-refractivity contribution in [3.05, 3.63) is 0 Å². The van der Waals surface area contributed by atoms with Crippen LogP contribution in [0.25, 0.3) is 0 Å². The first-order valence-corrected chi connectivity index (χ1v) is 13.5. The zero-order valence-electron chi connectivity index (χ0n) is 20.2. The molecule has 6 rings (SSSR count). The molecule has 1 heterocycles. The van der Waals surface area contributed by atoms with Gasteiger partial charge in [-0.15, -0.1) is 0 Å². The Morgan fingerprint density at radius 1 is 1.00 bits per heavy atom. The van der Waals surface area contributed by atoms with Crippen LogP contribution in [0.1, 0.15) is 91.9 Å². The second-order valence-corrected chi connectivity index (χ2v) is 13.5. The number of ether oxygens (including phenoxy) is 1. The van der Waals surface area contributed by atoms with Crippen LogP contribution in [0, 0.1) is 58.2 Å². The molecule has 1 aliphatic heterocycles. The molecule has 0 unspecified atom stereocenters. The molecule has 6 aliphatic rings. The molecule has 3 heteroatoms. The molecule has 6 fully saturated rings. The summed E-state index contributed by atoms with van der Waals surface area (Å²) >= 11 is 0. The van der Waals surface area contributed by atoms with Crippen molar-refractivity contribution in [3.8, 4) is 0 Å². The smallest absolute Gasteiger partial charge is 0.139 e. The summed E-state index contributed by atoms with van der Waals surface area (Å²) in [5.41, 5.74) is 0.195. The first-order chi connectivity index (χ1) is 14.7. The number of carbonyl (C=O) groups is 1. The highest BCUT2D eigenvalue weighted by Gasteiger charge is 2.70. The predicted molar refractivity (Wildman–Crippen MR) is 121 cm³/mol. The first-order valence-electron chi connectivity index (χ1n) is 13.5. The van der Waals surface area contributed by atoms with Crippen LogP contribution in [0.3, 0.4) is 0 Å². The molecule has 0 amide bonds. The Morgan fingerprint density at radius 2 is 1.81 bits per heavy atom. The molecule has 5 saturated carbocycles. The fourth-order valence-electron chi connectivity index (χ4n) is 10.7. The molecular weight excluding hydrogens is 384 g/mol. The monoisotopic (exact) mass is 428 g/mol. The van der Waals surface area contributed by atoms with Gasteiger partial charge in [0, 0.05) is 18.4 Å². The van der Waals surface area contributed by atoms with E-state index in [2.05, 4.69) is 27.7 Å². The predicted octanol–water partition coefficient (Wildman–Crippen LogP) is 5.64. The van der Waals surface area contributed by atoms with Gasteiger partial charge in [0.1, 0.15) is 5.78 Å². The van der Waals surface area contributed by atoms with E-state index in [-0.39, 0.29) is 22.5 Å². The minimum atomic E-state index is -0.126. The van der Waals surface area contributed by atoms with Crippen LogP contribution in [0.4, 0.5) is 0 Å². The Morgan fingerprint density at radius 3 is 2.55 bits per heavy atom. The molecule has 1 N–H and O–H groups in total. The molecular formula is C28H44O3. The lowest BCUT2D eigenvalue weighted by Gasteiger charge is -2.60. The number of ketones is 1. The molecule has 0 aromatic heterocycles. The van der Waals surface area contributed by atoms with Crippen LogP contribution in [0.5, 0.6) is 0 Å². The van der Waals surface area contributed by atoms with Gasteiger partial charge in [0.2, 0.25) is 0 Å². The maximum atomic E-state index is 14.1. The minimum Gasteiger partial charge on any atom is -0.393 e. The normalized spacial score (nSPS) is 60.9. The largest absolute Gasteiger partial charge is 0.393 e. The molecule has 0 aromatic carbocycles.